The van der Waals surface area contributed by atoms with Crippen LogP contribution in [0.15, 0.2) is 36.4 Å². The average Bonchev–Trinajstić information content (AvgIpc) is 2.24. The van der Waals surface area contributed by atoms with Crippen LogP contribution in [-0.4, -0.2) is 10.9 Å². The summed E-state index contributed by atoms with van der Waals surface area (Å²) in [6, 6.07) is 12.1. The van der Waals surface area contributed by atoms with E-state index in [1.807, 2.05) is 36.4 Å². The van der Waals surface area contributed by atoms with Crippen molar-refractivity contribution in [1.82, 2.24) is 10.3 Å². The number of nitrogens with one attached hydrogen (secondary N) is 1. The molecule has 74 valence electrons. The predicted octanol–water partition coefficient (Wildman–Crippen LogP) is 1.80. The maximum absolute atomic E-state index is 10.8. The fourth-order valence-corrected chi connectivity index (χ4v) is 1.81. The number of amides is 1. The largest absolute Gasteiger partial charge is 0.347 e. The van der Waals surface area contributed by atoms with Gasteiger partial charge in [-0.25, -0.2) is 0 Å². The lowest BCUT2D eigenvalue weighted by Gasteiger charge is -2.26. The van der Waals surface area contributed by atoms with E-state index >= 15 is 0 Å². The number of carbonyl (C=O) groups excluding carboxylic acids is 1. The number of aromatic nitrogens is 1. The lowest BCUT2D eigenvalue weighted by Crippen LogP contribution is -2.41. The van der Waals surface area contributed by atoms with Gasteiger partial charge in [-0.3, -0.25) is 9.78 Å². The van der Waals surface area contributed by atoms with Gasteiger partial charge in [-0.15, -0.1) is 0 Å². The zero-order chi connectivity index (χ0) is 10.3. The van der Waals surface area contributed by atoms with Crippen molar-refractivity contribution in [2.24, 2.45) is 0 Å². The molecule has 1 aliphatic heterocycles. The molecule has 3 heteroatoms. The van der Waals surface area contributed by atoms with E-state index < -0.39 is 0 Å². The van der Waals surface area contributed by atoms with Gasteiger partial charge in [0.05, 0.1) is 23.7 Å². The third-order valence-corrected chi connectivity index (χ3v) is 2.70. The molecule has 1 fully saturated rings. The van der Waals surface area contributed by atoms with E-state index in [1.54, 1.807) is 0 Å². The number of β-lactam (4-membered cyclic amide) rings is 1. The van der Waals surface area contributed by atoms with Gasteiger partial charge >= 0.3 is 0 Å². The van der Waals surface area contributed by atoms with Crippen LogP contribution in [0.1, 0.15) is 18.2 Å². The lowest BCUT2D eigenvalue weighted by molar-refractivity contribution is -0.128. The molecule has 0 spiro atoms. The molecule has 1 aromatic heterocycles. The van der Waals surface area contributed by atoms with Crippen LogP contribution in [0.3, 0.4) is 0 Å². The molecule has 3 rings (SSSR count). The van der Waals surface area contributed by atoms with Gasteiger partial charge in [0.2, 0.25) is 5.91 Å². The van der Waals surface area contributed by atoms with Gasteiger partial charge in [-0.2, -0.15) is 0 Å². The van der Waals surface area contributed by atoms with E-state index in [9.17, 15) is 4.79 Å². The number of hydrogen-bond acceptors (Lipinski definition) is 2. The van der Waals surface area contributed by atoms with Crippen molar-refractivity contribution in [3.8, 4) is 0 Å². The van der Waals surface area contributed by atoms with Crippen LogP contribution in [0.5, 0.6) is 0 Å². The summed E-state index contributed by atoms with van der Waals surface area (Å²) in [5.41, 5.74) is 1.93. The second-order valence-electron chi connectivity index (χ2n) is 3.75. The summed E-state index contributed by atoms with van der Waals surface area (Å²) >= 11 is 0. The Kier molecular flexibility index (Phi) is 1.71. The van der Waals surface area contributed by atoms with Crippen LogP contribution in [0.2, 0.25) is 0 Å². The number of carbonyl (C=O) groups is 1. The zero-order valence-electron chi connectivity index (χ0n) is 8.10. The third-order valence-electron chi connectivity index (χ3n) is 2.70. The quantitative estimate of drug-likeness (QED) is 0.710. The van der Waals surface area contributed by atoms with E-state index in [2.05, 4.69) is 10.3 Å². The highest BCUT2D eigenvalue weighted by atomic mass is 16.2. The van der Waals surface area contributed by atoms with Crippen molar-refractivity contribution in [3.05, 3.63) is 42.1 Å². The second kappa shape index (κ2) is 3.05. The number of fused-ring (bicyclic) bond motifs is 1. The summed E-state index contributed by atoms with van der Waals surface area (Å²) in [6.07, 6.45) is 0.561. The highest BCUT2D eigenvalue weighted by molar-refractivity contribution is 5.84. The highest BCUT2D eigenvalue weighted by Gasteiger charge is 2.27. The first kappa shape index (κ1) is 8.41. The van der Waals surface area contributed by atoms with Gasteiger partial charge in [0.25, 0.3) is 0 Å². The molecule has 1 unspecified atom stereocenters. The molecule has 1 aliphatic rings. The topological polar surface area (TPSA) is 42.0 Å². The molecule has 15 heavy (non-hydrogen) atoms. The molecule has 0 saturated carbocycles. The van der Waals surface area contributed by atoms with Crippen LogP contribution >= 0.6 is 0 Å². The molecule has 3 nitrogen and oxygen atoms in total. The van der Waals surface area contributed by atoms with Crippen LogP contribution in [-0.2, 0) is 4.79 Å². The van der Waals surface area contributed by atoms with Crippen LogP contribution in [0.25, 0.3) is 10.9 Å². The summed E-state index contributed by atoms with van der Waals surface area (Å²) in [7, 11) is 0. The number of rotatable bonds is 1. The van der Waals surface area contributed by atoms with Crippen molar-refractivity contribution in [2.45, 2.75) is 12.5 Å². The Morgan fingerprint density at radius 3 is 2.80 bits per heavy atom. The number of nitrogens with zero attached hydrogens (tertiary/aromatic N) is 1. The summed E-state index contributed by atoms with van der Waals surface area (Å²) in [5.74, 6) is 0.106. The van der Waals surface area contributed by atoms with E-state index in [0.29, 0.717) is 6.42 Å². The summed E-state index contributed by atoms with van der Waals surface area (Å²) < 4.78 is 0. The molecule has 1 N–H and O–H groups in total. The van der Waals surface area contributed by atoms with Crippen LogP contribution in [0, 0.1) is 0 Å². The standard InChI is InChI=1S/C12H10N2O/c15-12-7-11(14-12)10-6-5-8-3-1-2-4-9(8)13-10/h1-6,11H,7H2,(H,14,15). The molecular weight excluding hydrogens is 188 g/mol. The molecule has 0 aliphatic carbocycles. The van der Waals surface area contributed by atoms with Crippen LogP contribution < -0.4 is 5.32 Å². The van der Waals surface area contributed by atoms with Crippen molar-refractivity contribution >= 4 is 16.8 Å². The van der Waals surface area contributed by atoms with Crippen molar-refractivity contribution in [2.75, 3.05) is 0 Å². The molecule has 0 bridgehead atoms. The first-order valence-electron chi connectivity index (χ1n) is 4.98. The molecule has 1 saturated heterocycles. The smallest absolute Gasteiger partial charge is 0.223 e. The molecule has 1 atom stereocenters. The Morgan fingerprint density at radius 1 is 1.20 bits per heavy atom. The third kappa shape index (κ3) is 1.36. The van der Waals surface area contributed by atoms with Gasteiger partial charge in [-0.05, 0) is 12.1 Å². The normalized spacial score (nSPS) is 19.7. The first-order chi connectivity index (χ1) is 7.33. The maximum atomic E-state index is 10.8. The summed E-state index contributed by atoms with van der Waals surface area (Å²) in [6.45, 7) is 0. The van der Waals surface area contributed by atoms with Gasteiger partial charge in [-0.1, -0.05) is 24.3 Å². The second-order valence-corrected chi connectivity index (χ2v) is 3.75. The monoisotopic (exact) mass is 198 g/mol. The van der Waals surface area contributed by atoms with E-state index in [0.717, 1.165) is 16.6 Å². The molecule has 0 radical (unpaired) electrons. The zero-order valence-corrected chi connectivity index (χ0v) is 8.10. The van der Waals surface area contributed by atoms with Crippen molar-refractivity contribution in [1.29, 1.82) is 0 Å². The fourth-order valence-electron chi connectivity index (χ4n) is 1.81. The van der Waals surface area contributed by atoms with Gasteiger partial charge in [0.15, 0.2) is 0 Å². The minimum atomic E-state index is 0.106. The Labute approximate surface area is 87.1 Å². The molecule has 2 heterocycles. The summed E-state index contributed by atoms with van der Waals surface area (Å²) in [4.78, 5) is 15.3. The number of hydrogen-bond donors (Lipinski definition) is 1. The minimum absolute atomic E-state index is 0.106. The number of pyridine rings is 1. The lowest BCUT2D eigenvalue weighted by atomic mass is 10.0. The Morgan fingerprint density at radius 2 is 2.00 bits per heavy atom. The van der Waals surface area contributed by atoms with Crippen LogP contribution in [0.4, 0.5) is 0 Å². The molecular formula is C12H10N2O. The van der Waals surface area contributed by atoms with Crippen molar-refractivity contribution < 1.29 is 4.79 Å². The Hall–Kier alpha value is -1.90. The Balaban J connectivity index is 2.03. The van der Waals surface area contributed by atoms with Crippen molar-refractivity contribution in [3.63, 3.8) is 0 Å². The van der Waals surface area contributed by atoms with Gasteiger partial charge < -0.3 is 5.32 Å². The predicted molar refractivity (Wildman–Crippen MR) is 57.2 cm³/mol. The average molecular weight is 198 g/mol. The Bertz CT molecular complexity index is 528. The number of benzene rings is 1. The first-order valence-corrected chi connectivity index (χ1v) is 4.98. The fraction of sp³-hybridized carbons (Fsp3) is 0.167. The molecule has 1 aromatic carbocycles. The minimum Gasteiger partial charge on any atom is -0.347 e. The van der Waals surface area contributed by atoms with Gasteiger partial charge in [0.1, 0.15) is 0 Å². The van der Waals surface area contributed by atoms with E-state index in [4.69, 9.17) is 0 Å². The number of para-hydroxylation sites is 1. The molecule has 1 amide bonds. The van der Waals surface area contributed by atoms with E-state index in [-0.39, 0.29) is 11.9 Å². The maximum Gasteiger partial charge on any atom is 0.223 e. The SMILES string of the molecule is O=C1CC(c2ccc3ccccc3n2)N1. The van der Waals surface area contributed by atoms with Gasteiger partial charge in [0, 0.05) is 5.39 Å². The van der Waals surface area contributed by atoms with E-state index in [1.165, 1.54) is 0 Å². The summed E-state index contributed by atoms with van der Waals surface area (Å²) in [5, 5.41) is 3.95. The highest BCUT2D eigenvalue weighted by Crippen LogP contribution is 2.23. The molecule has 2 aromatic rings.